The molecule has 6 nitrogen and oxygen atoms in total. The number of hydrogen-bond donors (Lipinski definition) is 0. The number of rotatable bonds is 10. The number of ether oxygens (including phenoxy) is 2. The van der Waals surface area contributed by atoms with E-state index in [1.807, 2.05) is 23.4 Å². The summed E-state index contributed by atoms with van der Waals surface area (Å²) in [7, 11) is 5.35. The molecule has 150 valence electrons. The van der Waals surface area contributed by atoms with E-state index in [9.17, 15) is 4.79 Å². The summed E-state index contributed by atoms with van der Waals surface area (Å²) in [4.78, 5) is 21.0. The lowest BCUT2D eigenvalue weighted by molar-refractivity contribution is 0.0772. The Morgan fingerprint density at radius 1 is 1.07 bits per heavy atom. The van der Waals surface area contributed by atoms with Gasteiger partial charge < -0.3 is 19.3 Å². The molecule has 2 heterocycles. The summed E-state index contributed by atoms with van der Waals surface area (Å²) in [6, 6.07) is 7.85. The highest BCUT2D eigenvalue weighted by molar-refractivity contribution is 5.99. The van der Waals surface area contributed by atoms with Crippen molar-refractivity contribution in [2.24, 2.45) is 0 Å². The third kappa shape index (κ3) is 4.81. The van der Waals surface area contributed by atoms with E-state index in [2.05, 4.69) is 29.1 Å². The Kier molecular flexibility index (Phi) is 6.87. The van der Waals surface area contributed by atoms with Crippen LogP contribution in [0.3, 0.4) is 0 Å². The smallest absolute Gasteiger partial charge is 0.254 e. The highest BCUT2D eigenvalue weighted by atomic mass is 16.5. The lowest BCUT2D eigenvalue weighted by Crippen LogP contribution is -2.29. The Bertz CT molecular complexity index is 795. The first-order chi connectivity index (χ1) is 13.6. The van der Waals surface area contributed by atoms with E-state index >= 15 is 0 Å². The minimum Gasteiger partial charge on any atom is -0.493 e. The molecule has 0 aliphatic carbocycles. The molecule has 0 unspecified atom stereocenters. The fourth-order valence-corrected chi connectivity index (χ4v) is 3.63. The molecule has 3 rings (SSSR count). The molecule has 6 heteroatoms. The highest BCUT2D eigenvalue weighted by Gasteiger charge is 2.29. The zero-order chi connectivity index (χ0) is 19.9. The van der Waals surface area contributed by atoms with Crippen molar-refractivity contribution in [3.8, 4) is 11.5 Å². The van der Waals surface area contributed by atoms with Crippen molar-refractivity contribution in [2.45, 2.75) is 25.8 Å². The number of carbonyl (C=O) groups is 1. The number of carbonyl (C=O) groups excluding carboxylic acids is 1. The molecule has 0 N–H and O–H groups in total. The summed E-state index contributed by atoms with van der Waals surface area (Å²) < 4.78 is 10.7. The number of fused-ring (bicyclic) bond motifs is 1. The van der Waals surface area contributed by atoms with Gasteiger partial charge in [0.1, 0.15) is 0 Å². The molecule has 0 bridgehead atoms. The average molecular weight is 383 g/mol. The summed E-state index contributed by atoms with van der Waals surface area (Å²) in [6.07, 6.45) is 6.83. The Morgan fingerprint density at radius 3 is 2.46 bits per heavy atom. The van der Waals surface area contributed by atoms with Gasteiger partial charge in [-0.1, -0.05) is 0 Å². The van der Waals surface area contributed by atoms with Crippen LogP contribution in [0.1, 0.15) is 34.3 Å². The highest BCUT2D eigenvalue weighted by Crippen LogP contribution is 2.34. The minimum atomic E-state index is 0.0799. The minimum absolute atomic E-state index is 0.0799. The van der Waals surface area contributed by atoms with Gasteiger partial charge in [-0.25, -0.2) is 0 Å². The van der Waals surface area contributed by atoms with Crippen molar-refractivity contribution in [3.63, 3.8) is 0 Å². The van der Waals surface area contributed by atoms with Crippen molar-refractivity contribution in [3.05, 3.63) is 53.3 Å². The third-order valence-electron chi connectivity index (χ3n) is 5.21. The average Bonchev–Trinajstić information content (AvgIpc) is 3.02. The molecule has 0 saturated carbocycles. The van der Waals surface area contributed by atoms with Crippen LogP contribution in [0.25, 0.3) is 0 Å². The van der Waals surface area contributed by atoms with Gasteiger partial charge in [0.2, 0.25) is 0 Å². The van der Waals surface area contributed by atoms with E-state index in [-0.39, 0.29) is 5.91 Å². The summed E-state index contributed by atoms with van der Waals surface area (Å²) in [5.74, 6) is 1.35. The maximum atomic E-state index is 12.7. The summed E-state index contributed by atoms with van der Waals surface area (Å²) in [6.45, 7) is 3.42. The predicted molar refractivity (Wildman–Crippen MR) is 109 cm³/mol. The molecule has 1 aromatic heterocycles. The normalized spacial score (nSPS) is 13.1. The molecule has 0 fully saturated rings. The lowest BCUT2D eigenvalue weighted by Gasteiger charge is -2.20. The van der Waals surface area contributed by atoms with Crippen LogP contribution in [0, 0.1) is 0 Å². The summed E-state index contributed by atoms with van der Waals surface area (Å²) in [5, 5.41) is 0. The second kappa shape index (κ2) is 9.55. The van der Waals surface area contributed by atoms with Gasteiger partial charge in [-0.15, -0.1) is 0 Å². The van der Waals surface area contributed by atoms with Crippen LogP contribution in [0.5, 0.6) is 11.5 Å². The lowest BCUT2D eigenvalue weighted by atomic mass is 10.1. The van der Waals surface area contributed by atoms with Crippen LogP contribution >= 0.6 is 0 Å². The zero-order valence-electron chi connectivity index (χ0n) is 17.0. The van der Waals surface area contributed by atoms with Crippen molar-refractivity contribution in [1.29, 1.82) is 0 Å². The van der Waals surface area contributed by atoms with Gasteiger partial charge in [-0.2, -0.15) is 0 Å². The molecule has 1 aliphatic heterocycles. The molecule has 0 saturated heterocycles. The van der Waals surface area contributed by atoms with Gasteiger partial charge in [0.25, 0.3) is 5.91 Å². The van der Waals surface area contributed by atoms with Gasteiger partial charge in [0.05, 0.1) is 14.2 Å². The van der Waals surface area contributed by atoms with Crippen molar-refractivity contribution < 1.29 is 14.3 Å². The van der Waals surface area contributed by atoms with Crippen LogP contribution < -0.4 is 9.47 Å². The Balaban J connectivity index is 1.43. The Morgan fingerprint density at radius 2 is 1.75 bits per heavy atom. The molecular weight excluding hydrogens is 354 g/mol. The number of nitrogens with zero attached hydrogens (tertiary/aromatic N) is 3. The van der Waals surface area contributed by atoms with E-state index in [0.29, 0.717) is 18.0 Å². The molecule has 1 aliphatic rings. The predicted octanol–water partition coefficient (Wildman–Crippen LogP) is 3.01. The molecule has 0 radical (unpaired) electrons. The van der Waals surface area contributed by atoms with Crippen molar-refractivity contribution in [2.75, 3.05) is 40.9 Å². The number of hydrogen-bond acceptors (Lipinski definition) is 5. The number of aryl methyl sites for hydroxylation is 1. The van der Waals surface area contributed by atoms with Gasteiger partial charge in [0.15, 0.2) is 11.5 Å². The van der Waals surface area contributed by atoms with E-state index in [0.717, 1.165) is 50.0 Å². The standard InChI is InChI=1S/C22H29N3O3/c1-24(11-4-6-17-7-9-23-10-8-17)12-5-13-25-16-18-14-20(27-2)21(28-3)15-19(18)22(25)26/h7-10,14-15H,4-6,11-13,16H2,1-3H3. The molecule has 1 amide bonds. The van der Waals surface area contributed by atoms with Gasteiger partial charge in [-0.05, 0) is 74.8 Å². The first-order valence-corrected chi connectivity index (χ1v) is 9.74. The maximum Gasteiger partial charge on any atom is 0.254 e. The van der Waals surface area contributed by atoms with Gasteiger partial charge >= 0.3 is 0 Å². The topological polar surface area (TPSA) is 54.9 Å². The second-order valence-electron chi connectivity index (χ2n) is 7.21. The number of methoxy groups -OCH3 is 2. The molecule has 2 aromatic rings. The van der Waals surface area contributed by atoms with Crippen LogP contribution in [-0.2, 0) is 13.0 Å². The zero-order valence-corrected chi connectivity index (χ0v) is 17.0. The van der Waals surface area contributed by atoms with Crippen LogP contribution in [0.4, 0.5) is 0 Å². The van der Waals surface area contributed by atoms with E-state index in [1.165, 1.54) is 5.56 Å². The van der Waals surface area contributed by atoms with Crippen molar-refractivity contribution in [1.82, 2.24) is 14.8 Å². The first kappa shape index (κ1) is 20.1. The SMILES string of the molecule is COc1cc2c(cc1OC)C(=O)N(CCCN(C)CCCc1ccncc1)C2. The third-order valence-corrected chi connectivity index (χ3v) is 5.21. The summed E-state index contributed by atoms with van der Waals surface area (Å²) in [5.41, 5.74) is 3.06. The Hall–Kier alpha value is -2.60. The molecule has 1 aromatic carbocycles. The first-order valence-electron chi connectivity index (χ1n) is 9.74. The van der Waals surface area contributed by atoms with Crippen molar-refractivity contribution >= 4 is 5.91 Å². The number of benzene rings is 1. The molecule has 0 atom stereocenters. The van der Waals surface area contributed by atoms with Gasteiger partial charge in [-0.3, -0.25) is 9.78 Å². The monoisotopic (exact) mass is 383 g/mol. The molecule has 28 heavy (non-hydrogen) atoms. The van der Waals surface area contributed by atoms with E-state index in [4.69, 9.17) is 9.47 Å². The number of amides is 1. The van der Waals surface area contributed by atoms with E-state index < -0.39 is 0 Å². The number of pyridine rings is 1. The fraction of sp³-hybridized carbons (Fsp3) is 0.455. The fourth-order valence-electron chi connectivity index (χ4n) is 3.63. The van der Waals surface area contributed by atoms with Crippen LogP contribution in [-0.4, -0.2) is 61.6 Å². The number of aromatic nitrogens is 1. The van der Waals surface area contributed by atoms with Gasteiger partial charge in [0, 0.05) is 31.0 Å². The Labute approximate surface area is 167 Å². The summed E-state index contributed by atoms with van der Waals surface area (Å²) >= 11 is 0. The quantitative estimate of drug-likeness (QED) is 0.631. The van der Waals surface area contributed by atoms with E-state index in [1.54, 1.807) is 20.3 Å². The molecule has 0 spiro atoms. The molecular formula is C22H29N3O3. The van der Waals surface area contributed by atoms with Crippen LogP contribution in [0.15, 0.2) is 36.7 Å². The second-order valence-corrected chi connectivity index (χ2v) is 7.21. The van der Waals surface area contributed by atoms with Crippen LogP contribution in [0.2, 0.25) is 0 Å². The maximum absolute atomic E-state index is 12.7. The largest absolute Gasteiger partial charge is 0.493 e.